The Kier molecular flexibility index (Phi) is 3.27. The Bertz CT molecular complexity index is 511. The van der Waals surface area contributed by atoms with E-state index in [-0.39, 0.29) is 5.91 Å². The van der Waals surface area contributed by atoms with E-state index in [1.54, 1.807) is 4.90 Å². The Balaban J connectivity index is 1.93. The Morgan fingerprint density at radius 1 is 1.42 bits per heavy atom. The maximum absolute atomic E-state index is 12.7. The first-order valence-corrected chi connectivity index (χ1v) is 7.28. The summed E-state index contributed by atoms with van der Waals surface area (Å²) < 4.78 is 12.2. The molecule has 1 atom stereocenters. The lowest BCUT2D eigenvalue weighted by molar-refractivity contribution is -0.136. The molecule has 0 spiro atoms. The number of carbonyl (C=O) groups excluding carboxylic acids is 1. The summed E-state index contributed by atoms with van der Waals surface area (Å²) in [4.78, 5) is 14.5. The predicted octanol–water partition coefficient (Wildman–Crippen LogP) is 2.74. The maximum Gasteiger partial charge on any atom is 0.259 e. The molecular weight excluding hydrogens is 310 g/mol. The molecule has 19 heavy (non-hydrogen) atoms. The zero-order valence-electron chi connectivity index (χ0n) is 10.8. The number of benzene rings is 1. The monoisotopic (exact) mass is 325 g/mol. The van der Waals surface area contributed by atoms with E-state index in [1.165, 1.54) is 0 Å². The van der Waals surface area contributed by atoms with Crippen molar-refractivity contribution in [3.05, 3.63) is 22.7 Å². The van der Waals surface area contributed by atoms with E-state index in [9.17, 15) is 4.79 Å². The lowest BCUT2D eigenvalue weighted by Gasteiger charge is -2.34. The van der Waals surface area contributed by atoms with Gasteiger partial charge in [-0.15, -0.1) is 0 Å². The summed E-state index contributed by atoms with van der Waals surface area (Å²) in [5, 5.41) is 0. The minimum atomic E-state index is -0.679. The molecule has 102 valence electrons. The van der Waals surface area contributed by atoms with E-state index >= 15 is 0 Å². The summed E-state index contributed by atoms with van der Waals surface area (Å²) in [6.45, 7) is 3.65. The number of ether oxygens (including phenoxy) is 2. The molecule has 1 fully saturated rings. The van der Waals surface area contributed by atoms with Crippen molar-refractivity contribution in [2.45, 2.75) is 25.4 Å². The van der Waals surface area contributed by atoms with Crippen molar-refractivity contribution in [2.24, 2.45) is 0 Å². The topological polar surface area (TPSA) is 38.8 Å². The second-order valence-corrected chi connectivity index (χ2v) is 6.02. The van der Waals surface area contributed by atoms with Crippen LogP contribution in [0.15, 0.2) is 22.7 Å². The number of hydrogen-bond acceptors (Lipinski definition) is 3. The molecule has 1 aromatic carbocycles. The maximum atomic E-state index is 12.7. The Morgan fingerprint density at radius 2 is 2.26 bits per heavy atom. The smallest absolute Gasteiger partial charge is 0.259 e. The summed E-state index contributed by atoms with van der Waals surface area (Å²) in [5.74, 6) is 0.785. The molecule has 0 aliphatic carbocycles. The highest BCUT2D eigenvalue weighted by Gasteiger charge is 2.42. The van der Waals surface area contributed by atoms with E-state index in [0.717, 1.165) is 28.8 Å². The van der Waals surface area contributed by atoms with Gasteiger partial charge >= 0.3 is 0 Å². The first kappa shape index (κ1) is 12.9. The SMILES string of the molecule is CC1(C(=O)N2CCOc3cc(Br)ccc32)CCCO1. The fourth-order valence-electron chi connectivity index (χ4n) is 2.64. The largest absolute Gasteiger partial charge is 0.489 e. The van der Waals surface area contributed by atoms with Crippen LogP contribution in [0.25, 0.3) is 0 Å². The molecule has 0 aromatic heterocycles. The molecule has 2 aliphatic heterocycles. The van der Waals surface area contributed by atoms with Crippen LogP contribution in [-0.4, -0.2) is 31.3 Å². The lowest BCUT2D eigenvalue weighted by Crippen LogP contribution is -2.49. The second kappa shape index (κ2) is 4.80. The van der Waals surface area contributed by atoms with Crippen LogP contribution in [0.1, 0.15) is 19.8 Å². The minimum Gasteiger partial charge on any atom is -0.489 e. The quantitative estimate of drug-likeness (QED) is 0.797. The van der Waals surface area contributed by atoms with Gasteiger partial charge in [0.25, 0.3) is 5.91 Å². The van der Waals surface area contributed by atoms with Crippen molar-refractivity contribution in [1.29, 1.82) is 0 Å². The molecule has 0 radical (unpaired) electrons. The average molecular weight is 326 g/mol. The first-order valence-electron chi connectivity index (χ1n) is 6.48. The van der Waals surface area contributed by atoms with Crippen LogP contribution in [0.2, 0.25) is 0 Å². The molecule has 1 amide bonds. The molecule has 4 nitrogen and oxygen atoms in total. The van der Waals surface area contributed by atoms with Crippen LogP contribution in [0.3, 0.4) is 0 Å². The highest BCUT2D eigenvalue weighted by atomic mass is 79.9. The van der Waals surface area contributed by atoms with Crippen LogP contribution >= 0.6 is 15.9 Å². The molecule has 0 bridgehead atoms. The lowest BCUT2D eigenvalue weighted by atomic mass is 10.00. The van der Waals surface area contributed by atoms with Crippen molar-refractivity contribution >= 4 is 27.5 Å². The minimum absolute atomic E-state index is 0.0388. The zero-order chi connectivity index (χ0) is 13.5. The number of amides is 1. The van der Waals surface area contributed by atoms with Gasteiger partial charge in [-0.1, -0.05) is 15.9 Å². The van der Waals surface area contributed by atoms with Gasteiger partial charge in [0.05, 0.1) is 12.2 Å². The van der Waals surface area contributed by atoms with Crippen LogP contribution in [0.4, 0.5) is 5.69 Å². The molecule has 1 aromatic rings. The van der Waals surface area contributed by atoms with Gasteiger partial charge in [0.1, 0.15) is 18.0 Å². The Hall–Kier alpha value is -1.07. The first-order chi connectivity index (χ1) is 9.10. The highest BCUT2D eigenvalue weighted by molar-refractivity contribution is 9.10. The number of nitrogens with zero attached hydrogens (tertiary/aromatic N) is 1. The third-order valence-electron chi connectivity index (χ3n) is 3.70. The van der Waals surface area contributed by atoms with Gasteiger partial charge in [0.2, 0.25) is 0 Å². The van der Waals surface area contributed by atoms with Gasteiger partial charge in [-0.25, -0.2) is 0 Å². The van der Waals surface area contributed by atoms with E-state index in [0.29, 0.717) is 19.8 Å². The van der Waals surface area contributed by atoms with Gasteiger partial charge in [0, 0.05) is 11.1 Å². The fourth-order valence-corrected chi connectivity index (χ4v) is 2.98. The molecule has 5 heteroatoms. The Labute approximate surface area is 120 Å². The summed E-state index contributed by atoms with van der Waals surface area (Å²) in [6.07, 6.45) is 1.73. The second-order valence-electron chi connectivity index (χ2n) is 5.10. The molecule has 1 saturated heterocycles. The molecule has 2 heterocycles. The molecule has 1 unspecified atom stereocenters. The Morgan fingerprint density at radius 3 is 3.00 bits per heavy atom. The number of anilines is 1. The van der Waals surface area contributed by atoms with Crippen LogP contribution in [0.5, 0.6) is 5.75 Å². The third-order valence-corrected chi connectivity index (χ3v) is 4.19. The summed E-state index contributed by atoms with van der Waals surface area (Å²) in [6, 6.07) is 5.73. The van der Waals surface area contributed by atoms with E-state index in [1.807, 2.05) is 25.1 Å². The van der Waals surface area contributed by atoms with Crippen molar-refractivity contribution in [3.8, 4) is 5.75 Å². The number of rotatable bonds is 1. The summed E-state index contributed by atoms with van der Waals surface area (Å²) >= 11 is 3.42. The van der Waals surface area contributed by atoms with Crippen LogP contribution in [-0.2, 0) is 9.53 Å². The third kappa shape index (κ3) is 2.25. The normalized spacial score (nSPS) is 25.9. The van der Waals surface area contributed by atoms with Gasteiger partial charge in [0.15, 0.2) is 0 Å². The fraction of sp³-hybridized carbons (Fsp3) is 0.500. The average Bonchev–Trinajstić information content (AvgIpc) is 2.85. The molecule has 3 rings (SSSR count). The summed E-state index contributed by atoms with van der Waals surface area (Å²) in [5.41, 5.74) is 0.151. The summed E-state index contributed by atoms with van der Waals surface area (Å²) in [7, 11) is 0. The van der Waals surface area contributed by atoms with Crippen LogP contribution in [0, 0.1) is 0 Å². The standard InChI is InChI=1S/C14H16BrNO3/c1-14(5-2-7-19-14)13(17)16-6-8-18-12-9-10(15)3-4-11(12)16/h3-4,9H,2,5-8H2,1H3. The van der Waals surface area contributed by atoms with Gasteiger partial charge in [-0.3, -0.25) is 4.79 Å². The zero-order valence-corrected chi connectivity index (χ0v) is 12.4. The van der Waals surface area contributed by atoms with Crippen molar-refractivity contribution in [1.82, 2.24) is 0 Å². The molecule has 0 saturated carbocycles. The predicted molar refractivity (Wildman–Crippen MR) is 75.6 cm³/mol. The van der Waals surface area contributed by atoms with E-state index < -0.39 is 5.60 Å². The van der Waals surface area contributed by atoms with Crippen molar-refractivity contribution in [3.63, 3.8) is 0 Å². The van der Waals surface area contributed by atoms with Crippen LogP contribution < -0.4 is 9.64 Å². The molecular formula is C14H16BrNO3. The number of fused-ring (bicyclic) bond motifs is 1. The van der Waals surface area contributed by atoms with Crippen molar-refractivity contribution < 1.29 is 14.3 Å². The van der Waals surface area contributed by atoms with E-state index in [4.69, 9.17) is 9.47 Å². The van der Waals surface area contributed by atoms with Gasteiger partial charge in [-0.05, 0) is 38.0 Å². The highest BCUT2D eigenvalue weighted by Crippen LogP contribution is 2.37. The number of hydrogen-bond donors (Lipinski definition) is 0. The van der Waals surface area contributed by atoms with Gasteiger partial charge in [-0.2, -0.15) is 0 Å². The molecule has 0 N–H and O–H groups in total. The number of carbonyl (C=O) groups is 1. The molecule has 2 aliphatic rings. The van der Waals surface area contributed by atoms with Crippen molar-refractivity contribution in [2.75, 3.05) is 24.7 Å². The number of halogens is 1. The van der Waals surface area contributed by atoms with E-state index in [2.05, 4.69) is 15.9 Å². The van der Waals surface area contributed by atoms with Gasteiger partial charge < -0.3 is 14.4 Å².